The molecule has 13 heavy (non-hydrogen) atoms. The Balaban J connectivity index is 1.87. The maximum absolute atomic E-state index is 11.8. The Morgan fingerprint density at radius 2 is 2.15 bits per heavy atom. The second-order valence-electron chi connectivity index (χ2n) is 3.69. The van der Waals surface area contributed by atoms with Crippen molar-refractivity contribution in [3.05, 3.63) is 0 Å². The van der Waals surface area contributed by atoms with Gasteiger partial charge in [0, 0.05) is 6.61 Å². The maximum atomic E-state index is 11.8. The minimum absolute atomic E-state index is 0.127. The summed E-state index contributed by atoms with van der Waals surface area (Å²) in [5, 5.41) is 2.25. The molecule has 74 valence electrons. The Morgan fingerprint density at radius 3 is 2.77 bits per heavy atom. The third-order valence-electron chi connectivity index (χ3n) is 2.72. The fourth-order valence-corrected chi connectivity index (χ4v) is 1.95. The van der Waals surface area contributed by atoms with E-state index in [9.17, 15) is 4.79 Å². The molecule has 0 aromatic carbocycles. The quantitative estimate of drug-likeness (QED) is 0.544. The zero-order valence-electron chi connectivity index (χ0n) is 7.87. The Bertz CT molecular complexity index is 184. The Labute approximate surface area is 78.2 Å². The van der Waals surface area contributed by atoms with Crippen LogP contribution in [0.2, 0.25) is 0 Å². The van der Waals surface area contributed by atoms with E-state index in [1.807, 2.05) is 4.90 Å². The smallest absolute Gasteiger partial charge is 0.252 e. The number of ether oxygens (including phenoxy) is 1. The van der Waals surface area contributed by atoms with Gasteiger partial charge in [-0.15, -0.1) is 0 Å². The lowest BCUT2D eigenvalue weighted by molar-refractivity contribution is -0.662. The lowest BCUT2D eigenvalue weighted by Crippen LogP contribution is -2.90. The van der Waals surface area contributed by atoms with Gasteiger partial charge in [0.15, 0.2) is 0 Å². The van der Waals surface area contributed by atoms with Gasteiger partial charge in [0.05, 0.1) is 26.2 Å². The highest BCUT2D eigenvalue weighted by atomic mass is 16.5. The predicted octanol–water partition coefficient (Wildman–Crippen LogP) is -1.43. The van der Waals surface area contributed by atoms with E-state index in [4.69, 9.17) is 4.74 Å². The number of hydrogen-bond acceptors (Lipinski definition) is 2. The molecule has 0 unspecified atom stereocenters. The van der Waals surface area contributed by atoms with Gasteiger partial charge in [-0.3, -0.25) is 4.79 Å². The zero-order chi connectivity index (χ0) is 9.10. The Kier molecular flexibility index (Phi) is 2.80. The summed E-state index contributed by atoms with van der Waals surface area (Å²) >= 11 is 0. The van der Waals surface area contributed by atoms with E-state index in [0.29, 0.717) is 0 Å². The van der Waals surface area contributed by atoms with Crippen molar-refractivity contribution in [3.63, 3.8) is 0 Å². The van der Waals surface area contributed by atoms with Crippen LogP contribution in [0.15, 0.2) is 0 Å². The molecular formula is C9H17N2O2+. The van der Waals surface area contributed by atoms with E-state index >= 15 is 0 Å². The summed E-state index contributed by atoms with van der Waals surface area (Å²) in [4.78, 5) is 13.7. The molecule has 0 aromatic rings. The molecule has 1 atom stereocenters. The molecular weight excluding hydrogens is 168 g/mol. The van der Waals surface area contributed by atoms with Crippen LogP contribution in [0.4, 0.5) is 0 Å². The second-order valence-corrected chi connectivity index (χ2v) is 3.69. The number of hydrogen-bond donors (Lipinski definition) is 1. The Morgan fingerprint density at radius 1 is 1.38 bits per heavy atom. The summed E-state index contributed by atoms with van der Waals surface area (Å²) in [7, 11) is 0. The monoisotopic (exact) mass is 185 g/mol. The lowest BCUT2D eigenvalue weighted by Gasteiger charge is -2.27. The number of rotatable bonds is 1. The van der Waals surface area contributed by atoms with Crippen LogP contribution in [0.3, 0.4) is 0 Å². The first kappa shape index (κ1) is 8.97. The predicted molar refractivity (Wildman–Crippen MR) is 47.2 cm³/mol. The third-order valence-corrected chi connectivity index (χ3v) is 2.72. The second kappa shape index (κ2) is 4.07. The molecule has 1 amide bonds. The lowest BCUT2D eigenvalue weighted by atomic mass is 10.2. The van der Waals surface area contributed by atoms with Crippen LogP contribution in [0.1, 0.15) is 12.8 Å². The number of piperazine rings is 1. The number of quaternary nitrogens is 1. The van der Waals surface area contributed by atoms with E-state index in [-0.39, 0.29) is 12.0 Å². The van der Waals surface area contributed by atoms with Gasteiger partial charge in [0.25, 0.3) is 5.91 Å². The molecule has 0 saturated carbocycles. The third kappa shape index (κ3) is 2.00. The standard InChI is InChI=1S/C9H16N2O2/c12-9(8-2-1-7-13-8)11-5-3-10-4-6-11/h8,10H,1-7H2/p+1/t8-/m0/s1. The average Bonchev–Trinajstić information content (AvgIpc) is 2.71. The molecule has 2 fully saturated rings. The molecule has 0 aromatic heterocycles. The first-order valence-electron chi connectivity index (χ1n) is 5.10. The van der Waals surface area contributed by atoms with Crippen LogP contribution in [-0.2, 0) is 9.53 Å². The molecule has 0 aliphatic carbocycles. The highest BCUT2D eigenvalue weighted by molar-refractivity contribution is 5.81. The van der Waals surface area contributed by atoms with Gasteiger partial charge >= 0.3 is 0 Å². The fourth-order valence-electron chi connectivity index (χ4n) is 1.95. The molecule has 4 nitrogen and oxygen atoms in total. The summed E-state index contributed by atoms with van der Waals surface area (Å²) in [6, 6.07) is 0. The van der Waals surface area contributed by atoms with Gasteiger partial charge < -0.3 is 15.0 Å². The summed E-state index contributed by atoms with van der Waals surface area (Å²) in [5.41, 5.74) is 0. The van der Waals surface area contributed by atoms with E-state index in [1.165, 1.54) is 0 Å². The van der Waals surface area contributed by atoms with Crippen LogP contribution < -0.4 is 5.32 Å². The molecule has 2 N–H and O–H groups in total. The molecule has 0 spiro atoms. The van der Waals surface area contributed by atoms with Crippen molar-refractivity contribution in [2.75, 3.05) is 32.8 Å². The van der Waals surface area contributed by atoms with Gasteiger partial charge in [-0.1, -0.05) is 0 Å². The number of nitrogens with two attached hydrogens (primary N) is 1. The van der Waals surface area contributed by atoms with Crippen LogP contribution in [0.25, 0.3) is 0 Å². The highest BCUT2D eigenvalue weighted by Crippen LogP contribution is 2.14. The topological polar surface area (TPSA) is 46.1 Å². The number of nitrogens with zero attached hydrogens (tertiary/aromatic N) is 1. The summed E-state index contributed by atoms with van der Waals surface area (Å²) in [6.07, 6.45) is 1.83. The van der Waals surface area contributed by atoms with Crippen molar-refractivity contribution >= 4 is 5.91 Å². The number of carbonyl (C=O) groups excluding carboxylic acids is 1. The van der Waals surface area contributed by atoms with Crippen molar-refractivity contribution < 1.29 is 14.8 Å². The highest BCUT2D eigenvalue weighted by Gasteiger charge is 2.29. The molecule has 2 aliphatic rings. The number of carbonyl (C=O) groups is 1. The van der Waals surface area contributed by atoms with Gasteiger partial charge in [0.2, 0.25) is 0 Å². The van der Waals surface area contributed by atoms with Gasteiger partial charge in [-0.05, 0) is 12.8 Å². The van der Waals surface area contributed by atoms with Gasteiger partial charge in [-0.25, -0.2) is 0 Å². The molecule has 2 heterocycles. The largest absolute Gasteiger partial charge is 0.368 e. The van der Waals surface area contributed by atoms with Gasteiger partial charge in [0.1, 0.15) is 6.10 Å². The summed E-state index contributed by atoms with van der Waals surface area (Å²) in [5.74, 6) is 0.214. The van der Waals surface area contributed by atoms with Crippen molar-refractivity contribution in [1.82, 2.24) is 4.90 Å². The maximum Gasteiger partial charge on any atom is 0.252 e. The van der Waals surface area contributed by atoms with Gasteiger partial charge in [-0.2, -0.15) is 0 Å². The SMILES string of the molecule is O=C([C@@H]1CCCO1)N1CC[NH2+]CC1. The first-order valence-corrected chi connectivity index (χ1v) is 5.10. The molecule has 2 saturated heterocycles. The summed E-state index contributed by atoms with van der Waals surface area (Å²) < 4.78 is 5.37. The fraction of sp³-hybridized carbons (Fsp3) is 0.889. The van der Waals surface area contributed by atoms with Crippen molar-refractivity contribution in [1.29, 1.82) is 0 Å². The van der Waals surface area contributed by atoms with Crippen molar-refractivity contribution in [3.8, 4) is 0 Å². The van der Waals surface area contributed by atoms with Crippen LogP contribution >= 0.6 is 0 Å². The zero-order valence-corrected chi connectivity index (χ0v) is 7.87. The van der Waals surface area contributed by atoms with Crippen LogP contribution in [-0.4, -0.2) is 49.7 Å². The van der Waals surface area contributed by atoms with Crippen LogP contribution in [0.5, 0.6) is 0 Å². The first-order chi connectivity index (χ1) is 6.38. The van der Waals surface area contributed by atoms with Crippen LogP contribution in [0, 0.1) is 0 Å². The van der Waals surface area contributed by atoms with E-state index in [1.54, 1.807) is 0 Å². The minimum Gasteiger partial charge on any atom is -0.368 e. The molecule has 2 aliphatic heterocycles. The molecule has 0 bridgehead atoms. The Hall–Kier alpha value is -0.610. The average molecular weight is 185 g/mol. The van der Waals surface area contributed by atoms with E-state index in [2.05, 4.69) is 5.32 Å². The molecule has 0 radical (unpaired) electrons. The number of amides is 1. The van der Waals surface area contributed by atoms with E-state index in [0.717, 1.165) is 45.6 Å². The molecule has 4 heteroatoms. The van der Waals surface area contributed by atoms with Crippen molar-refractivity contribution in [2.45, 2.75) is 18.9 Å². The normalized spacial score (nSPS) is 29.2. The van der Waals surface area contributed by atoms with Crippen molar-refractivity contribution in [2.24, 2.45) is 0 Å². The summed E-state index contributed by atoms with van der Waals surface area (Å²) in [6.45, 7) is 4.62. The molecule has 2 rings (SSSR count). The minimum atomic E-state index is -0.127. The van der Waals surface area contributed by atoms with E-state index < -0.39 is 0 Å².